The first-order chi connectivity index (χ1) is 10.2. The van der Waals surface area contributed by atoms with Crippen molar-refractivity contribution in [3.05, 3.63) is 18.0 Å². The van der Waals surface area contributed by atoms with Crippen LogP contribution in [0.4, 0.5) is 19.1 Å². The third kappa shape index (κ3) is 7.98. The number of carbonyl (C=O) groups excluding carboxylic acids is 1. The molecule has 0 spiro atoms. The van der Waals surface area contributed by atoms with Crippen LogP contribution in [0.15, 0.2) is 12.3 Å². The predicted octanol–water partition coefficient (Wildman–Crippen LogP) is 1.82. The summed E-state index contributed by atoms with van der Waals surface area (Å²) >= 11 is 0. The molecule has 1 aromatic rings. The summed E-state index contributed by atoms with van der Waals surface area (Å²) in [6.45, 7) is 4.32. The molecule has 0 aromatic carbocycles. The van der Waals surface area contributed by atoms with E-state index in [9.17, 15) is 18.0 Å². The van der Waals surface area contributed by atoms with Crippen molar-refractivity contribution in [1.82, 2.24) is 15.3 Å². The molecule has 0 bridgehead atoms. The maximum absolute atomic E-state index is 12.5. The Morgan fingerprint density at radius 1 is 1.35 bits per heavy atom. The Labute approximate surface area is 138 Å². The molecule has 6 nitrogen and oxygen atoms in total. The Balaban J connectivity index is 0.00000484. The van der Waals surface area contributed by atoms with Gasteiger partial charge >= 0.3 is 6.18 Å². The summed E-state index contributed by atoms with van der Waals surface area (Å²) in [6, 6.07) is 0.197. The van der Waals surface area contributed by atoms with Crippen LogP contribution in [0.25, 0.3) is 0 Å². The Bertz CT molecular complexity index is 499. The number of nitrogens with one attached hydrogen (secondary N) is 2. The fourth-order valence-corrected chi connectivity index (χ4v) is 1.71. The molecule has 0 unspecified atom stereocenters. The van der Waals surface area contributed by atoms with Crippen LogP contribution < -0.4 is 16.4 Å². The Kier molecular flexibility index (Phi) is 8.85. The van der Waals surface area contributed by atoms with E-state index in [-0.39, 0.29) is 37.4 Å². The van der Waals surface area contributed by atoms with Crippen molar-refractivity contribution in [2.75, 3.05) is 18.4 Å². The number of amides is 1. The Hall–Kier alpha value is -1.61. The Morgan fingerprint density at radius 3 is 2.57 bits per heavy atom. The number of hydrogen-bond donors (Lipinski definition) is 3. The zero-order valence-electron chi connectivity index (χ0n) is 12.9. The standard InChI is InChI=1S/C13H20F3N5O.ClH/c1-8(2)7-9(17)11(22)18-5-6-20-12-19-4-3-10(21-12)13(14,15)16;/h3-4,8-9H,5-7,17H2,1-2H3,(H,18,22)(H,19,20,21);1H/t9-;/m0./s1. The zero-order chi connectivity index (χ0) is 16.8. The molecule has 132 valence electrons. The predicted molar refractivity (Wildman–Crippen MR) is 83.2 cm³/mol. The minimum atomic E-state index is -4.52. The van der Waals surface area contributed by atoms with Crippen molar-refractivity contribution in [2.24, 2.45) is 11.7 Å². The number of nitrogens with two attached hydrogens (primary N) is 1. The van der Waals surface area contributed by atoms with Gasteiger partial charge in [0.1, 0.15) is 5.69 Å². The lowest BCUT2D eigenvalue weighted by Gasteiger charge is -2.14. The molecule has 0 radical (unpaired) electrons. The lowest BCUT2D eigenvalue weighted by atomic mass is 10.0. The molecular weight excluding hydrogens is 335 g/mol. The van der Waals surface area contributed by atoms with Gasteiger partial charge in [0.2, 0.25) is 11.9 Å². The van der Waals surface area contributed by atoms with E-state index in [4.69, 9.17) is 5.73 Å². The molecule has 0 saturated heterocycles. The summed E-state index contributed by atoms with van der Waals surface area (Å²) in [7, 11) is 0. The van der Waals surface area contributed by atoms with Gasteiger partial charge in [0.05, 0.1) is 6.04 Å². The first kappa shape index (κ1) is 21.4. The molecule has 0 saturated carbocycles. The van der Waals surface area contributed by atoms with Crippen LogP contribution in [0.1, 0.15) is 26.0 Å². The maximum Gasteiger partial charge on any atom is 0.433 e. The van der Waals surface area contributed by atoms with Crippen LogP contribution in [-0.2, 0) is 11.0 Å². The third-order valence-electron chi connectivity index (χ3n) is 2.72. The van der Waals surface area contributed by atoms with E-state index in [0.29, 0.717) is 12.3 Å². The SMILES string of the molecule is CC(C)C[C@H](N)C(=O)NCCNc1nccc(C(F)(F)F)n1.Cl. The quantitative estimate of drug-likeness (QED) is 0.649. The molecule has 1 amide bonds. The van der Waals surface area contributed by atoms with E-state index in [1.54, 1.807) is 0 Å². The second-order valence-electron chi connectivity index (χ2n) is 5.22. The van der Waals surface area contributed by atoms with Gasteiger partial charge in [-0.2, -0.15) is 13.2 Å². The van der Waals surface area contributed by atoms with Crippen molar-refractivity contribution in [3.8, 4) is 0 Å². The molecule has 23 heavy (non-hydrogen) atoms. The minimum Gasteiger partial charge on any atom is -0.353 e. The van der Waals surface area contributed by atoms with Crippen molar-refractivity contribution >= 4 is 24.3 Å². The molecule has 1 rings (SSSR count). The average Bonchev–Trinajstić information content (AvgIpc) is 2.42. The van der Waals surface area contributed by atoms with Crippen LogP contribution in [0, 0.1) is 5.92 Å². The van der Waals surface area contributed by atoms with Gasteiger partial charge in [-0.3, -0.25) is 4.79 Å². The molecule has 0 aliphatic carbocycles. The monoisotopic (exact) mass is 355 g/mol. The molecule has 1 atom stereocenters. The van der Waals surface area contributed by atoms with Gasteiger partial charge in [0.25, 0.3) is 0 Å². The second-order valence-corrected chi connectivity index (χ2v) is 5.22. The van der Waals surface area contributed by atoms with E-state index in [1.807, 2.05) is 13.8 Å². The van der Waals surface area contributed by atoms with Crippen molar-refractivity contribution in [3.63, 3.8) is 0 Å². The Morgan fingerprint density at radius 2 is 2.00 bits per heavy atom. The smallest absolute Gasteiger partial charge is 0.353 e. The molecule has 0 fully saturated rings. The number of carbonyl (C=O) groups is 1. The van der Waals surface area contributed by atoms with Crippen molar-refractivity contribution in [2.45, 2.75) is 32.5 Å². The first-order valence-corrected chi connectivity index (χ1v) is 6.87. The lowest BCUT2D eigenvalue weighted by molar-refractivity contribution is -0.141. The van der Waals surface area contributed by atoms with Gasteiger partial charge in [-0.25, -0.2) is 9.97 Å². The highest BCUT2D eigenvalue weighted by molar-refractivity contribution is 5.85. The molecule has 4 N–H and O–H groups in total. The van der Waals surface area contributed by atoms with Crippen LogP contribution in [0.2, 0.25) is 0 Å². The largest absolute Gasteiger partial charge is 0.433 e. The average molecular weight is 356 g/mol. The van der Waals surface area contributed by atoms with Crippen molar-refractivity contribution in [1.29, 1.82) is 0 Å². The summed E-state index contributed by atoms with van der Waals surface area (Å²) in [5.41, 5.74) is 4.68. The van der Waals surface area contributed by atoms with E-state index in [1.165, 1.54) is 0 Å². The summed E-state index contributed by atoms with van der Waals surface area (Å²) in [5, 5.41) is 5.21. The first-order valence-electron chi connectivity index (χ1n) is 6.87. The van der Waals surface area contributed by atoms with Gasteiger partial charge in [-0.15, -0.1) is 12.4 Å². The van der Waals surface area contributed by atoms with Crippen LogP contribution >= 0.6 is 12.4 Å². The van der Waals surface area contributed by atoms with Gasteiger partial charge in [-0.1, -0.05) is 13.8 Å². The highest BCUT2D eigenvalue weighted by Gasteiger charge is 2.32. The summed E-state index contributed by atoms with van der Waals surface area (Å²) in [5.74, 6) is -0.131. The molecule has 0 aliphatic rings. The number of anilines is 1. The van der Waals surface area contributed by atoms with Crippen LogP contribution in [0.3, 0.4) is 0 Å². The van der Waals surface area contributed by atoms with Gasteiger partial charge in [0, 0.05) is 19.3 Å². The normalized spacial score (nSPS) is 12.5. The number of halogens is 4. The molecule has 1 aromatic heterocycles. The highest BCUT2D eigenvalue weighted by atomic mass is 35.5. The number of hydrogen-bond acceptors (Lipinski definition) is 5. The summed E-state index contributed by atoms with van der Waals surface area (Å²) in [4.78, 5) is 18.7. The molecule has 0 aliphatic heterocycles. The molecular formula is C13H21ClF3N5O. The molecule has 1 heterocycles. The van der Waals surface area contributed by atoms with Gasteiger partial charge in [0.15, 0.2) is 0 Å². The van der Waals surface area contributed by atoms with E-state index in [2.05, 4.69) is 20.6 Å². The topological polar surface area (TPSA) is 92.9 Å². The fraction of sp³-hybridized carbons (Fsp3) is 0.615. The minimum absolute atomic E-state index is 0. The third-order valence-corrected chi connectivity index (χ3v) is 2.72. The van der Waals surface area contributed by atoms with E-state index in [0.717, 1.165) is 12.3 Å². The number of nitrogens with zero attached hydrogens (tertiary/aromatic N) is 2. The lowest BCUT2D eigenvalue weighted by Crippen LogP contribution is -2.42. The van der Waals surface area contributed by atoms with Gasteiger partial charge in [-0.05, 0) is 18.4 Å². The van der Waals surface area contributed by atoms with Gasteiger partial charge < -0.3 is 16.4 Å². The fourth-order valence-electron chi connectivity index (χ4n) is 1.71. The number of aromatic nitrogens is 2. The second kappa shape index (κ2) is 9.51. The molecule has 10 heteroatoms. The van der Waals surface area contributed by atoms with E-state index < -0.39 is 17.9 Å². The summed E-state index contributed by atoms with van der Waals surface area (Å²) < 4.78 is 37.4. The maximum atomic E-state index is 12.5. The van der Waals surface area contributed by atoms with Crippen LogP contribution in [-0.4, -0.2) is 35.0 Å². The summed E-state index contributed by atoms with van der Waals surface area (Å²) in [6.07, 6.45) is -2.93. The van der Waals surface area contributed by atoms with E-state index >= 15 is 0 Å². The number of alkyl halides is 3. The van der Waals surface area contributed by atoms with Crippen LogP contribution in [0.5, 0.6) is 0 Å². The zero-order valence-corrected chi connectivity index (χ0v) is 13.7. The number of rotatable bonds is 7. The highest BCUT2D eigenvalue weighted by Crippen LogP contribution is 2.27. The van der Waals surface area contributed by atoms with Crippen molar-refractivity contribution < 1.29 is 18.0 Å².